The number of anilines is 1. The highest BCUT2D eigenvalue weighted by Crippen LogP contribution is 2.22. The molecule has 1 heterocycles. The summed E-state index contributed by atoms with van der Waals surface area (Å²) in [5, 5.41) is 9.26. The van der Waals surface area contributed by atoms with Crippen LogP contribution >= 0.6 is 0 Å². The van der Waals surface area contributed by atoms with Gasteiger partial charge in [0.2, 0.25) is 0 Å². The van der Waals surface area contributed by atoms with Crippen molar-refractivity contribution in [3.05, 3.63) is 29.8 Å². The number of amides is 1. The van der Waals surface area contributed by atoms with Crippen molar-refractivity contribution in [2.75, 3.05) is 25.5 Å². The molecule has 2 rings (SSSR count). The predicted molar refractivity (Wildman–Crippen MR) is 77.9 cm³/mol. The molecule has 1 aliphatic heterocycles. The van der Waals surface area contributed by atoms with E-state index in [0.29, 0.717) is 17.8 Å². The first-order valence-corrected chi connectivity index (χ1v) is 7.01. The van der Waals surface area contributed by atoms with Crippen LogP contribution in [0.5, 0.6) is 0 Å². The maximum atomic E-state index is 12.6. The normalized spacial score (nSPS) is 21.2. The van der Waals surface area contributed by atoms with Gasteiger partial charge in [-0.3, -0.25) is 9.59 Å². The zero-order valence-electron chi connectivity index (χ0n) is 12.0. The van der Waals surface area contributed by atoms with Gasteiger partial charge in [0.05, 0.1) is 19.3 Å². The molecule has 0 aliphatic carbocycles. The maximum Gasteiger partial charge on any atom is 0.311 e. The van der Waals surface area contributed by atoms with Gasteiger partial charge in [-0.2, -0.15) is 0 Å². The Morgan fingerprint density at radius 1 is 1.33 bits per heavy atom. The van der Waals surface area contributed by atoms with Crippen LogP contribution in [0.25, 0.3) is 0 Å². The van der Waals surface area contributed by atoms with Gasteiger partial charge >= 0.3 is 5.97 Å². The van der Waals surface area contributed by atoms with E-state index in [1.807, 2.05) is 6.92 Å². The molecule has 0 radical (unpaired) electrons. The third-order valence-corrected chi connectivity index (χ3v) is 3.65. The summed E-state index contributed by atoms with van der Waals surface area (Å²) in [6.45, 7) is 2.86. The van der Waals surface area contributed by atoms with Crippen LogP contribution in [-0.4, -0.2) is 47.7 Å². The summed E-state index contributed by atoms with van der Waals surface area (Å²) in [6, 6.07) is 6.22. The summed E-state index contributed by atoms with van der Waals surface area (Å²) in [4.78, 5) is 25.5. The fourth-order valence-electron chi connectivity index (χ4n) is 2.54. The Morgan fingerprint density at radius 3 is 2.57 bits per heavy atom. The van der Waals surface area contributed by atoms with Crippen molar-refractivity contribution < 1.29 is 19.4 Å². The number of carbonyl (C=O) groups is 2. The third kappa shape index (κ3) is 3.33. The van der Waals surface area contributed by atoms with Crippen molar-refractivity contribution in [2.24, 2.45) is 5.92 Å². The molecular weight excluding hydrogens is 272 g/mol. The lowest BCUT2D eigenvalue weighted by molar-refractivity contribution is -0.142. The standard InChI is InChI=1S/C15H20N2O4/c1-2-7-17(13-9-21-8-12(13)15(19)20)14(18)10-3-5-11(16)6-4-10/h3-6,12-13H,2,7-9,16H2,1H3,(H,19,20). The first kappa shape index (κ1) is 15.3. The summed E-state index contributed by atoms with van der Waals surface area (Å²) in [7, 11) is 0. The van der Waals surface area contributed by atoms with Crippen molar-refractivity contribution in [3.63, 3.8) is 0 Å². The van der Waals surface area contributed by atoms with Crippen molar-refractivity contribution in [1.29, 1.82) is 0 Å². The molecule has 0 spiro atoms. The van der Waals surface area contributed by atoms with E-state index in [1.165, 1.54) is 0 Å². The molecule has 2 atom stereocenters. The number of nitrogen functional groups attached to an aromatic ring is 1. The molecule has 21 heavy (non-hydrogen) atoms. The van der Waals surface area contributed by atoms with Gasteiger partial charge in [-0.25, -0.2) is 0 Å². The number of hydrogen-bond donors (Lipinski definition) is 2. The van der Waals surface area contributed by atoms with Crippen LogP contribution in [0.2, 0.25) is 0 Å². The minimum absolute atomic E-state index is 0.148. The molecule has 2 unspecified atom stereocenters. The van der Waals surface area contributed by atoms with Crippen molar-refractivity contribution in [3.8, 4) is 0 Å². The molecule has 0 bridgehead atoms. The number of aliphatic carboxylic acids is 1. The molecule has 1 aromatic carbocycles. The minimum atomic E-state index is -0.927. The van der Waals surface area contributed by atoms with Crippen LogP contribution in [0.15, 0.2) is 24.3 Å². The highest BCUT2D eigenvalue weighted by Gasteiger charge is 2.39. The second-order valence-corrected chi connectivity index (χ2v) is 5.17. The topological polar surface area (TPSA) is 92.9 Å². The monoisotopic (exact) mass is 292 g/mol. The molecule has 0 aromatic heterocycles. The van der Waals surface area contributed by atoms with E-state index >= 15 is 0 Å². The molecule has 1 aliphatic rings. The van der Waals surface area contributed by atoms with Gasteiger partial charge in [0, 0.05) is 17.8 Å². The fraction of sp³-hybridized carbons (Fsp3) is 0.467. The van der Waals surface area contributed by atoms with E-state index in [0.717, 1.165) is 6.42 Å². The number of rotatable bonds is 5. The minimum Gasteiger partial charge on any atom is -0.481 e. The van der Waals surface area contributed by atoms with Gasteiger partial charge in [-0.15, -0.1) is 0 Å². The average Bonchev–Trinajstić information content (AvgIpc) is 2.94. The largest absolute Gasteiger partial charge is 0.481 e. The van der Waals surface area contributed by atoms with Crippen molar-refractivity contribution in [2.45, 2.75) is 19.4 Å². The number of nitrogens with two attached hydrogens (primary N) is 1. The van der Waals surface area contributed by atoms with Crippen molar-refractivity contribution >= 4 is 17.6 Å². The Hall–Kier alpha value is -2.08. The van der Waals surface area contributed by atoms with Crippen molar-refractivity contribution in [1.82, 2.24) is 4.90 Å². The molecule has 6 nitrogen and oxygen atoms in total. The van der Waals surface area contributed by atoms with Gasteiger partial charge in [0.15, 0.2) is 0 Å². The zero-order valence-corrected chi connectivity index (χ0v) is 12.0. The summed E-state index contributed by atoms with van der Waals surface area (Å²) >= 11 is 0. The molecule has 1 fully saturated rings. The summed E-state index contributed by atoms with van der Waals surface area (Å²) in [5.41, 5.74) is 6.72. The first-order chi connectivity index (χ1) is 10.0. The Balaban J connectivity index is 2.23. The lowest BCUT2D eigenvalue weighted by Crippen LogP contribution is -2.47. The van der Waals surface area contributed by atoms with E-state index in [-0.39, 0.29) is 19.1 Å². The smallest absolute Gasteiger partial charge is 0.311 e. The Kier molecular flexibility index (Phi) is 4.80. The molecule has 1 saturated heterocycles. The highest BCUT2D eigenvalue weighted by molar-refractivity contribution is 5.95. The summed E-state index contributed by atoms with van der Waals surface area (Å²) in [5.74, 6) is -1.78. The number of ether oxygens (including phenoxy) is 1. The van der Waals surface area contributed by atoms with Gasteiger partial charge in [-0.1, -0.05) is 6.92 Å². The molecule has 1 amide bonds. The van der Waals surface area contributed by atoms with E-state index in [2.05, 4.69) is 0 Å². The van der Waals surface area contributed by atoms with Crippen LogP contribution < -0.4 is 5.73 Å². The molecule has 6 heteroatoms. The lowest BCUT2D eigenvalue weighted by atomic mass is 10.0. The van der Waals surface area contributed by atoms with Gasteiger partial charge < -0.3 is 20.5 Å². The molecule has 0 saturated carbocycles. The summed E-state index contributed by atoms with van der Waals surface area (Å²) < 4.78 is 5.27. The maximum absolute atomic E-state index is 12.6. The first-order valence-electron chi connectivity index (χ1n) is 7.01. The number of hydrogen-bond acceptors (Lipinski definition) is 4. The molecule has 3 N–H and O–H groups in total. The number of carboxylic acid groups (broad SMARTS) is 1. The van der Waals surface area contributed by atoms with Crippen LogP contribution in [0.3, 0.4) is 0 Å². The molecular formula is C15H20N2O4. The number of carboxylic acids is 1. The summed E-state index contributed by atoms with van der Waals surface area (Å²) in [6.07, 6.45) is 0.754. The fourth-order valence-corrected chi connectivity index (χ4v) is 2.54. The third-order valence-electron chi connectivity index (χ3n) is 3.65. The van der Waals surface area contributed by atoms with E-state index in [4.69, 9.17) is 10.5 Å². The van der Waals surface area contributed by atoms with Crippen LogP contribution in [0.1, 0.15) is 23.7 Å². The number of benzene rings is 1. The molecule has 1 aromatic rings. The van der Waals surface area contributed by atoms with Crippen LogP contribution in [0.4, 0.5) is 5.69 Å². The Morgan fingerprint density at radius 2 is 2.00 bits per heavy atom. The SMILES string of the molecule is CCCN(C(=O)c1ccc(N)cc1)C1COCC1C(=O)O. The van der Waals surface area contributed by atoms with Crippen LogP contribution in [0, 0.1) is 5.92 Å². The quantitative estimate of drug-likeness (QED) is 0.796. The zero-order chi connectivity index (χ0) is 15.4. The predicted octanol–water partition coefficient (Wildman–Crippen LogP) is 1.22. The second-order valence-electron chi connectivity index (χ2n) is 5.17. The second kappa shape index (κ2) is 6.58. The van der Waals surface area contributed by atoms with Gasteiger partial charge in [0.1, 0.15) is 5.92 Å². The van der Waals surface area contributed by atoms with Gasteiger partial charge in [-0.05, 0) is 30.7 Å². The number of nitrogens with zero attached hydrogens (tertiary/aromatic N) is 1. The van der Waals surface area contributed by atoms with Crippen LogP contribution in [-0.2, 0) is 9.53 Å². The lowest BCUT2D eigenvalue weighted by Gasteiger charge is -2.30. The Labute approximate surface area is 123 Å². The Bertz CT molecular complexity index is 515. The van der Waals surface area contributed by atoms with E-state index in [9.17, 15) is 14.7 Å². The molecule has 114 valence electrons. The number of carbonyl (C=O) groups excluding carboxylic acids is 1. The van der Waals surface area contributed by atoms with E-state index in [1.54, 1.807) is 29.2 Å². The average molecular weight is 292 g/mol. The highest BCUT2D eigenvalue weighted by atomic mass is 16.5. The van der Waals surface area contributed by atoms with E-state index < -0.39 is 17.9 Å². The van der Waals surface area contributed by atoms with Gasteiger partial charge in [0.25, 0.3) is 5.91 Å².